The largest absolute Gasteiger partial charge is 0.480 e. The maximum absolute atomic E-state index is 12.1. The summed E-state index contributed by atoms with van der Waals surface area (Å²) in [6.45, 7) is 5.20. The Labute approximate surface area is 111 Å². The lowest BCUT2D eigenvalue weighted by Crippen LogP contribution is -2.45. The number of nitrogens with zero attached hydrogens (tertiary/aromatic N) is 2. The molecule has 1 aromatic heterocycles. The van der Waals surface area contributed by atoms with Gasteiger partial charge < -0.3 is 9.84 Å². The minimum Gasteiger partial charge on any atom is -0.480 e. The summed E-state index contributed by atoms with van der Waals surface area (Å²) in [4.78, 5) is 28.6. The van der Waals surface area contributed by atoms with Gasteiger partial charge in [-0.3, -0.25) is 0 Å². The number of carbonyl (C=O) groups excluding carboxylic acids is 1. The highest BCUT2D eigenvalue weighted by Crippen LogP contribution is 2.31. The first kappa shape index (κ1) is 13.3. The minimum atomic E-state index is -1.07. The molecule has 0 bridgehead atoms. The summed E-state index contributed by atoms with van der Waals surface area (Å²) in [5.74, 6) is -0.701. The van der Waals surface area contributed by atoms with Crippen molar-refractivity contribution in [3.05, 3.63) is 23.9 Å². The summed E-state index contributed by atoms with van der Waals surface area (Å²) in [6, 6.07) is 2.53. The maximum Gasteiger partial charge on any atom is 0.416 e. The molecule has 1 amide bonds. The summed E-state index contributed by atoms with van der Waals surface area (Å²) >= 11 is 0. The molecule has 2 rings (SSSR count). The van der Waals surface area contributed by atoms with Crippen molar-refractivity contribution in [3.8, 4) is 0 Å². The van der Waals surface area contributed by atoms with E-state index in [9.17, 15) is 14.7 Å². The van der Waals surface area contributed by atoms with E-state index in [1.165, 1.54) is 6.20 Å². The molecule has 6 nitrogen and oxygen atoms in total. The lowest BCUT2D eigenvalue weighted by molar-refractivity contribution is -0.138. The lowest BCUT2D eigenvalue weighted by Gasteiger charge is -2.26. The van der Waals surface area contributed by atoms with Crippen LogP contribution in [0.25, 0.3) is 0 Å². The van der Waals surface area contributed by atoms with Crippen LogP contribution in [-0.4, -0.2) is 33.8 Å². The second kappa shape index (κ2) is 4.53. The Balaban J connectivity index is 2.34. The molecule has 1 aromatic rings. The number of anilines is 1. The van der Waals surface area contributed by atoms with Gasteiger partial charge >= 0.3 is 12.1 Å². The molecule has 0 saturated carbocycles. The second-order valence-corrected chi connectivity index (χ2v) is 5.39. The Hall–Kier alpha value is -2.11. The van der Waals surface area contributed by atoms with E-state index in [-0.39, 0.29) is 6.42 Å². The van der Waals surface area contributed by atoms with E-state index in [4.69, 9.17) is 4.74 Å². The molecule has 1 aliphatic heterocycles. The first-order valence-electron chi connectivity index (χ1n) is 5.98. The molecule has 6 heteroatoms. The van der Waals surface area contributed by atoms with Crippen LogP contribution >= 0.6 is 0 Å². The first-order chi connectivity index (χ1) is 8.79. The number of hydrogen-bond acceptors (Lipinski definition) is 4. The minimum absolute atomic E-state index is 0.248. The number of rotatable bonds is 1. The SMILES string of the molecule is CC(C)(C)OC(=O)N1c2ncccc2CC1C(=O)O. The fourth-order valence-corrected chi connectivity index (χ4v) is 1.98. The highest BCUT2D eigenvalue weighted by molar-refractivity contribution is 5.97. The average Bonchev–Trinajstić information content (AvgIpc) is 2.65. The van der Waals surface area contributed by atoms with Crippen LogP contribution < -0.4 is 4.90 Å². The van der Waals surface area contributed by atoms with Gasteiger partial charge in [-0.05, 0) is 32.4 Å². The Morgan fingerprint density at radius 2 is 2.16 bits per heavy atom. The maximum atomic E-state index is 12.1. The van der Waals surface area contributed by atoms with Crippen LogP contribution in [0, 0.1) is 0 Å². The van der Waals surface area contributed by atoms with Crippen LogP contribution in [0.1, 0.15) is 26.3 Å². The predicted molar refractivity (Wildman–Crippen MR) is 68.1 cm³/mol. The molecule has 1 N–H and O–H groups in total. The molecule has 1 unspecified atom stereocenters. The van der Waals surface area contributed by atoms with Gasteiger partial charge in [0.05, 0.1) is 0 Å². The third kappa shape index (κ3) is 2.67. The highest BCUT2D eigenvalue weighted by atomic mass is 16.6. The Morgan fingerprint density at radius 3 is 2.74 bits per heavy atom. The number of hydrogen-bond donors (Lipinski definition) is 1. The van der Waals surface area contributed by atoms with Gasteiger partial charge in [-0.15, -0.1) is 0 Å². The van der Waals surface area contributed by atoms with Crippen molar-refractivity contribution in [2.24, 2.45) is 0 Å². The molecule has 0 aromatic carbocycles. The number of amides is 1. The van der Waals surface area contributed by atoms with E-state index in [1.54, 1.807) is 32.9 Å². The van der Waals surface area contributed by atoms with Crippen molar-refractivity contribution in [3.63, 3.8) is 0 Å². The fraction of sp³-hybridized carbons (Fsp3) is 0.462. The number of aliphatic carboxylic acids is 1. The smallest absolute Gasteiger partial charge is 0.416 e. The topological polar surface area (TPSA) is 79.7 Å². The van der Waals surface area contributed by atoms with Gasteiger partial charge in [-0.2, -0.15) is 0 Å². The van der Waals surface area contributed by atoms with Gasteiger partial charge in [0, 0.05) is 12.6 Å². The van der Waals surface area contributed by atoms with Crippen LogP contribution in [0.15, 0.2) is 18.3 Å². The Morgan fingerprint density at radius 1 is 1.47 bits per heavy atom. The van der Waals surface area contributed by atoms with Gasteiger partial charge in [0.15, 0.2) is 0 Å². The van der Waals surface area contributed by atoms with E-state index < -0.39 is 23.7 Å². The van der Waals surface area contributed by atoms with Gasteiger partial charge in [0.25, 0.3) is 0 Å². The average molecular weight is 264 g/mol. The van der Waals surface area contributed by atoms with Crippen molar-refractivity contribution in [1.82, 2.24) is 4.98 Å². The van der Waals surface area contributed by atoms with Crippen LogP contribution in [0.5, 0.6) is 0 Å². The van der Waals surface area contributed by atoms with Crippen LogP contribution in [0.3, 0.4) is 0 Å². The molecule has 1 atom stereocenters. The molecular weight excluding hydrogens is 248 g/mol. The quantitative estimate of drug-likeness (QED) is 0.837. The number of pyridine rings is 1. The van der Waals surface area contributed by atoms with Crippen LogP contribution in [0.4, 0.5) is 10.6 Å². The first-order valence-corrected chi connectivity index (χ1v) is 5.98. The van der Waals surface area contributed by atoms with Crippen LogP contribution in [0.2, 0.25) is 0 Å². The zero-order valence-electron chi connectivity index (χ0n) is 11.1. The molecule has 0 aliphatic carbocycles. The van der Waals surface area contributed by atoms with Crippen molar-refractivity contribution < 1.29 is 19.4 Å². The third-order valence-electron chi connectivity index (χ3n) is 2.70. The number of aromatic nitrogens is 1. The fourth-order valence-electron chi connectivity index (χ4n) is 1.98. The molecule has 2 heterocycles. The van der Waals surface area contributed by atoms with E-state index >= 15 is 0 Å². The number of ether oxygens (including phenoxy) is 1. The summed E-state index contributed by atoms with van der Waals surface area (Å²) in [5.41, 5.74) is 0.0539. The third-order valence-corrected chi connectivity index (χ3v) is 2.70. The summed E-state index contributed by atoms with van der Waals surface area (Å²) in [6.07, 6.45) is 1.09. The zero-order chi connectivity index (χ0) is 14.2. The molecule has 1 aliphatic rings. The van der Waals surface area contributed by atoms with E-state index in [0.717, 1.165) is 10.5 Å². The van der Waals surface area contributed by atoms with Gasteiger partial charge in [0.2, 0.25) is 0 Å². The number of fused-ring (bicyclic) bond motifs is 1. The van der Waals surface area contributed by atoms with Crippen molar-refractivity contribution in [2.75, 3.05) is 4.90 Å². The highest BCUT2D eigenvalue weighted by Gasteiger charge is 2.41. The van der Waals surface area contributed by atoms with Gasteiger partial charge in [-0.1, -0.05) is 6.07 Å². The number of carbonyl (C=O) groups is 2. The molecule has 102 valence electrons. The number of carboxylic acids is 1. The normalized spacial score (nSPS) is 18.1. The zero-order valence-corrected chi connectivity index (χ0v) is 11.1. The summed E-state index contributed by atoms with van der Waals surface area (Å²) < 4.78 is 5.24. The Bertz CT molecular complexity index is 522. The molecule has 19 heavy (non-hydrogen) atoms. The molecule has 0 spiro atoms. The van der Waals surface area contributed by atoms with Crippen molar-refractivity contribution >= 4 is 17.9 Å². The molecule has 0 saturated heterocycles. The van der Waals surface area contributed by atoms with E-state index in [2.05, 4.69) is 4.98 Å². The molecule has 0 radical (unpaired) electrons. The Kier molecular flexibility index (Phi) is 3.18. The molecule has 0 fully saturated rings. The molecular formula is C13H16N2O4. The summed E-state index contributed by atoms with van der Waals surface area (Å²) in [7, 11) is 0. The second-order valence-electron chi connectivity index (χ2n) is 5.39. The van der Waals surface area contributed by atoms with Gasteiger partial charge in [-0.25, -0.2) is 19.5 Å². The standard InChI is InChI=1S/C13H16N2O4/c1-13(2,3)19-12(18)15-9(11(16)17)7-8-5-4-6-14-10(8)15/h4-6,9H,7H2,1-3H3,(H,16,17). The van der Waals surface area contributed by atoms with Crippen molar-refractivity contribution in [1.29, 1.82) is 0 Å². The lowest BCUT2D eigenvalue weighted by atomic mass is 10.1. The van der Waals surface area contributed by atoms with Gasteiger partial charge in [0.1, 0.15) is 17.5 Å². The number of carboxylic acid groups (broad SMARTS) is 1. The van der Waals surface area contributed by atoms with Crippen LogP contribution in [-0.2, 0) is 16.0 Å². The predicted octanol–water partition coefficient (Wildman–Crippen LogP) is 1.83. The van der Waals surface area contributed by atoms with Crippen molar-refractivity contribution in [2.45, 2.75) is 38.8 Å². The van der Waals surface area contributed by atoms with E-state index in [1.807, 2.05) is 0 Å². The van der Waals surface area contributed by atoms with E-state index in [0.29, 0.717) is 5.82 Å². The monoisotopic (exact) mass is 264 g/mol. The summed E-state index contributed by atoms with van der Waals surface area (Å²) in [5, 5.41) is 9.23.